The molecule has 1 fully saturated rings. The van der Waals surface area contributed by atoms with Crippen LogP contribution < -0.4 is 0 Å². The molecule has 0 N–H and O–H groups in total. The van der Waals surface area contributed by atoms with Crippen molar-refractivity contribution in [1.29, 1.82) is 0 Å². The van der Waals surface area contributed by atoms with Crippen LogP contribution in [0.2, 0.25) is 0 Å². The van der Waals surface area contributed by atoms with Crippen molar-refractivity contribution in [2.45, 2.75) is 38.5 Å². The molecule has 0 radical (unpaired) electrons. The van der Waals surface area contributed by atoms with Crippen molar-refractivity contribution in [2.24, 2.45) is 0 Å². The second-order valence-electron chi connectivity index (χ2n) is 6.41. The Hall–Kier alpha value is -2.28. The van der Waals surface area contributed by atoms with Gasteiger partial charge in [0.2, 0.25) is 0 Å². The van der Waals surface area contributed by atoms with Crippen molar-refractivity contribution in [3.05, 3.63) is 40.7 Å². The molecule has 0 unspecified atom stereocenters. The molecule has 1 aliphatic heterocycles. The summed E-state index contributed by atoms with van der Waals surface area (Å²) in [5.74, 6) is 0.912. The first-order valence-electron chi connectivity index (χ1n) is 8.72. The minimum atomic E-state index is 0.0410. The van der Waals surface area contributed by atoms with E-state index in [0.717, 1.165) is 54.9 Å². The Bertz CT molecular complexity index is 855. The zero-order valence-corrected chi connectivity index (χ0v) is 15.0. The van der Waals surface area contributed by atoms with E-state index in [9.17, 15) is 4.79 Å². The van der Waals surface area contributed by atoms with Crippen LogP contribution in [0, 0.1) is 0 Å². The molecular formula is C18H20N4O2S. The Kier molecular flexibility index (Phi) is 4.48. The van der Waals surface area contributed by atoms with E-state index in [0.29, 0.717) is 11.4 Å². The number of fused-ring (bicyclic) bond motifs is 1. The molecule has 1 saturated heterocycles. The molecule has 2 aromatic heterocycles. The quantitative estimate of drug-likeness (QED) is 0.713. The van der Waals surface area contributed by atoms with Crippen molar-refractivity contribution >= 4 is 28.5 Å². The molecule has 3 aromatic rings. The number of nitrogens with zero attached hydrogens (tertiary/aromatic N) is 4. The fourth-order valence-electron chi connectivity index (χ4n) is 3.34. The molecular weight excluding hydrogens is 336 g/mol. The van der Waals surface area contributed by atoms with E-state index in [1.165, 1.54) is 11.5 Å². The molecule has 1 aromatic carbocycles. The molecule has 1 atom stereocenters. The minimum Gasteiger partial charge on any atom is -0.440 e. The Morgan fingerprint density at radius 2 is 2.28 bits per heavy atom. The Morgan fingerprint density at radius 1 is 1.40 bits per heavy atom. The molecule has 1 aliphatic rings. The predicted octanol–water partition coefficient (Wildman–Crippen LogP) is 3.65. The molecule has 25 heavy (non-hydrogen) atoms. The van der Waals surface area contributed by atoms with Crippen LogP contribution in [-0.2, 0) is 6.42 Å². The van der Waals surface area contributed by atoms with Crippen molar-refractivity contribution < 1.29 is 9.21 Å². The fourth-order valence-corrected chi connectivity index (χ4v) is 4.02. The lowest BCUT2D eigenvalue weighted by Gasteiger charge is -2.31. The molecule has 7 heteroatoms. The highest BCUT2D eigenvalue weighted by Crippen LogP contribution is 2.30. The number of aryl methyl sites for hydroxylation is 1. The number of carbonyl (C=O) groups is 1. The number of carbonyl (C=O) groups excluding carboxylic acids is 1. The van der Waals surface area contributed by atoms with Crippen LogP contribution in [0.5, 0.6) is 0 Å². The second kappa shape index (κ2) is 6.92. The van der Waals surface area contributed by atoms with E-state index in [2.05, 4.69) is 21.5 Å². The van der Waals surface area contributed by atoms with Crippen LogP contribution in [-0.4, -0.2) is 38.5 Å². The van der Waals surface area contributed by atoms with Gasteiger partial charge in [0.25, 0.3) is 5.91 Å². The summed E-state index contributed by atoms with van der Waals surface area (Å²) >= 11 is 1.20. The number of para-hydroxylation sites is 2. The zero-order valence-electron chi connectivity index (χ0n) is 14.1. The summed E-state index contributed by atoms with van der Waals surface area (Å²) in [6.45, 7) is 3.48. The van der Waals surface area contributed by atoms with E-state index in [1.807, 2.05) is 29.2 Å². The van der Waals surface area contributed by atoms with Crippen molar-refractivity contribution in [2.75, 3.05) is 13.1 Å². The van der Waals surface area contributed by atoms with E-state index in [4.69, 9.17) is 4.42 Å². The van der Waals surface area contributed by atoms with E-state index < -0.39 is 0 Å². The maximum atomic E-state index is 12.9. The van der Waals surface area contributed by atoms with Gasteiger partial charge in [0.05, 0.1) is 11.6 Å². The van der Waals surface area contributed by atoms with Crippen molar-refractivity contribution in [3.63, 3.8) is 0 Å². The number of piperidine rings is 1. The summed E-state index contributed by atoms with van der Waals surface area (Å²) in [6.07, 6.45) is 3.68. The third kappa shape index (κ3) is 3.16. The summed E-state index contributed by atoms with van der Waals surface area (Å²) in [5.41, 5.74) is 2.50. The molecule has 6 nitrogen and oxygen atoms in total. The van der Waals surface area contributed by atoms with E-state index in [-0.39, 0.29) is 11.8 Å². The van der Waals surface area contributed by atoms with Gasteiger partial charge in [-0.2, -0.15) is 0 Å². The predicted molar refractivity (Wildman–Crippen MR) is 95.8 cm³/mol. The van der Waals surface area contributed by atoms with Crippen LogP contribution >= 0.6 is 11.5 Å². The van der Waals surface area contributed by atoms with Gasteiger partial charge in [-0.3, -0.25) is 4.79 Å². The standard InChI is InChI=1S/C18H20N4O2S/c1-2-6-14-16(25-21-20-14)18(23)22-10-5-7-12(11-22)17-19-13-8-3-4-9-15(13)24-17/h3-4,8-9,12H,2,5-7,10-11H2,1H3/t12-/m0/s1. The first kappa shape index (κ1) is 16.2. The summed E-state index contributed by atoms with van der Waals surface area (Å²) in [4.78, 5) is 20.1. The van der Waals surface area contributed by atoms with Crippen molar-refractivity contribution in [1.82, 2.24) is 19.5 Å². The summed E-state index contributed by atoms with van der Waals surface area (Å²) in [6, 6.07) is 7.78. The lowest BCUT2D eigenvalue weighted by molar-refractivity contribution is 0.0702. The van der Waals surface area contributed by atoms with Gasteiger partial charge in [-0.15, -0.1) is 5.10 Å². The van der Waals surface area contributed by atoms with Crippen LogP contribution in [0.3, 0.4) is 0 Å². The highest BCUT2D eigenvalue weighted by atomic mass is 32.1. The van der Waals surface area contributed by atoms with Crippen LogP contribution in [0.15, 0.2) is 28.7 Å². The Labute approximate surface area is 150 Å². The van der Waals surface area contributed by atoms with Crippen LogP contribution in [0.1, 0.15) is 53.4 Å². The molecule has 1 amide bonds. The van der Waals surface area contributed by atoms with Gasteiger partial charge in [-0.1, -0.05) is 30.0 Å². The molecule has 130 valence electrons. The third-order valence-corrected chi connectivity index (χ3v) is 5.36. The first-order valence-corrected chi connectivity index (χ1v) is 9.49. The highest BCUT2D eigenvalue weighted by molar-refractivity contribution is 7.08. The van der Waals surface area contributed by atoms with Gasteiger partial charge >= 0.3 is 0 Å². The van der Waals surface area contributed by atoms with E-state index in [1.54, 1.807) is 0 Å². The van der Waals surface area contributed by atoms with Gasteiger partial charge in [-0.05, 0) is 42.9 Å². The Balaban J connectivity index is 1.54. The van der Waals surface area contributed by atoms with Crippen LogP contribution in [0.4, 0.5) is 0 Å². The largest absolute Gasteiger partial charge is 0.440 e. The maximum Gasteiger partial charge on any atom is 0.267 e. The molecule has 4 rings (SSSR count). The average molecular weight is 356 g/mol. The highest BCUT2D eigenvalue weighted by Gasteiger charge is 2.30. The lowest BCUT2D eigenvalue weighted by Crippen LogP contribution is -2.39. The summed E-state index contributed by atoms with van der Waals surface area (Å²) < 4.78 is 9.89. The monoisotopic (exact) mass is 356 g/mol. The number of aromatic nitrogens is 3. The van der Waals surface area contributed by atoms with Gasteiger partial charge in [0.1, 0.15) is 10.4 Å². The van der Waals surface area contributed by atoms with Gasteiger partial charge in [0.15, 0.2) is 11.5 Å². The zero-order chi connectivity index (χ0) is 17.2. The number of amides is 1. The molecule has 0 aliphatic carbocycles. The van der Waals surface area contributed by atoms with Crippen molar-refractivity contribution in [3.8, 4) is 0 Å². The van der Waals surface area contributed by atoms with Gasteiger partial charge in [-0.25, -0.2) is 4.98 Å². The van der Waals surface area contributed by atoms with Gasteiger partial charge < -0.3 is 9.32 Å². The summed E-state index contributed by atoms with van der Waals surface area (Å²) in [7, 11) is 0. The number of rotatable bonds is 4. The summed E-state index contributed by atoms with van der Waals surface area (Å²) in [5, 5.41) is 4.12. The smallest absolute Gasteiger partial charge is 0.267 e. The number of benzene rings is 1. The molecule has 3 heterocycles. The maximum absolute atomic E-state index is 12.9. The normalized spacial score (nSPS) is 18.0. The van der Waals surface area contributed by atoms with Gasteiger partial charge in [0, 0.05) is 13.1 Å². The second-order valence-corrected chi connectivity index (χ2v) is 7.16. The number of hydrogen-bond acceptors (Lipinski definition) is 6. The molecule has 0 bridgehead atoms. The SMILES string of the molecule is CCCc1nnsc1C(=O)N1CCC[C@H](c2nc3ccccc3o2)C1. The van der Waals surface area contributed by atoms with E-state index >= 15 is 0 Å². The fraction of sp³-hybridized carbons (Fsp3) is 0.444. The Morgan fingerprint density at radius 3 is 3.12 bits per heavy atom. The minimum absolute atomic E-state index is 0.0410. The number of oxazole rings is 1. The molecule has 0 saturated carbocycles. The average Bonchev–Trinajstić information content (AvgIpc) is 3.28. The third-order valence-electron chi connectivity index (χ3n) is 4.61. The molecule has 0 spiro atoms. The lowest BCUT2D eigenvalue weighted by atomic mass is 9.97. The number of likely N-dealkylation sites (tertiary alicyclic amines) is 1. The number of hydrogen-bond donors (Lipinski definition) is 0. The topological polar surface area (TPSA) is 72.1 Å². The first-order chi connectivity index (χ1) is 12.3. The van der Waals surface area contributed by atoms with Crippen LogP contribution in [0.25, 0.3) is 11.1 Å².